The van der Waals surface area contributed by atoms with Crippen LogP contribution in [-0.4, -0.2) is 44.8 Å². The van der Waals surface area contributed by atoms with Crippen molar-refractivity contribution < 1.29 is 31.2 Å². The van der Waals surface area contributed by atoms with E-state index in [1.165, 1.54) is 30.3 Å². The zero-order valence-corrected chi connectivity index (χ0v) is 21.9. The SMILES string of the molecule is CCN(CC)C(=O)c1ccccc1NC(=O)CN(c1cccc(C(F)(F)F)c1)S(=O)(=O)c1ccc(C)cc1. The largest absolute Gasteiger partial charge is 0.416 e. The second kappa shape index (κ2) is 11.7. The summed E-state index contributed by atoms with van der Waals surface area (Å²) in [6.07, 6.45) is -4.72. The minimum atomic E-state index is -4.72. The summed E-state index contributed by atoms with van der Waals surface area (Å²) in [6, 6.07) is 15.7. The Labute approximate surface area is 219 Å². The van der Waals surface area contributed by atoms with E-state index in [9.17, 15) is 31.2 Å². The highest BCUT2D eigenvalue weighted by Gasteiger charge is 2.33. The molecule has 0 saturated carbocycles. The van der Waals surface area contributed by atoms with Gasteiger partial charge in [0.2, 0.25) is 5.91 Å². The Hall–Kier alpha value is -3.86. The summed E-state index contributed by atoms with van der Waals surface area (Å²) in [7, 11) is -4.44. The van der Waals surface area contributed by atoms with Gasteiger partial charge < -0.3 is 10.2 Å². The van der Waals surface area contributed by atoms with Gasteiger partial charge >= 0.3 is 6.18 Å². The minimum absolute atomic E-state index is 0.158. The first-order valence-corrected chi connectivity index (χ1v) is 13.3. The van der Waals surface area contributed by atoms with Crippen LogP contribution < -0.4 is 9.62 Å². The number of halogens is 3. The Morgan fingerprint density at radius 2 is 1.53 bits per heavy atom. The van der Waals surface area contributed by atoms with Crippen LogP contribution in [-0.2, 0) is 21.0 Å². The zero-order chi connectivity index (χ0) is 28.1. The Morgan fingerprint density at radius 3 is 2.13 bits per heavy atom. The number of amides is 2. The number of hydrogen-bond acceptors (Lipinski definition) is 4. The van der Waals surface area contributed by atoms with E-state index in [1.807, 2.05) is 13.8 Å². The summed E-state index contributed by atoms with van der Waals surface area (Å²) in [5.74, 6) is -1.16. The highest BCUT2D eigenvalue weighted by atomic mass is 32.2. The monoisotopic (exact) mass is 547 g/mol. The molecule has 3 rings (SSSR count). The quantitative estimate of drug-likeness (QED) is 0.392. The van der Waals surface area contributed by atoms with E-state index in [-0.39, 0.29) is 27.7 Å². The molecule has 2 amide bonds. The molecule has 0 aromatic heterocycles. The van der Waals surface area contributed by atoms with Crippen LogP contribution in [0.3, 0.4) is 0 Å². The van der Waals surface area contributed by atoms with Gasteiger partial charge in [0, 0.05) is 13.1 Å². The molecular formula is C27H28F3N3O4S. The Bertz CT molecular complexity index is 1400. The smallest absolute Gasteiger partial charge is 0.339 e. The molecule has 0 aliphatic heterocycles. The summed E-state index contributed by atoms with van der Waals surface area (Å²) in [5, 5.41) is 2.56. The van der Waals surface area contributed by atoms with Gasteiger partial charge in [-0.05, 0) is 63.2 Å². The van der Waals surface area contributed by atoms with Crippen LogP contribution in [0.15, 0.2) is 77.7 Å². The molecule has 0 saturated heterocycles. The fourth-order valence-corrected chi connectivity index (χ4v) is 5.18. The summed E-state index contributed by atoms with van der Waals surface area (Å²) < 4.78 is 67.9. The number of anilines is 2. The van der Waals surface area contributed by atoms with Crippen molar-refractivity contribution in [2.24, 2.45) is 0 Å². The van der Waals surface area contributed by atoms with Crippen LogP contribution in [0.1, 0.15) is 35.3 Å². The third-order valence-corrected chi connectivity index (χ3v) is 7.63. The maximum atomic E-state index is 13.5. The molecule has 0 heterocycles. The third kappa shape index (κ3) is 6.52. The first kappa shape index (κ1) is 28.7. The van der Waals surface area contributed by atoms with Crippen molar-refractivity contribution in [1.82, 2.24) is 4.90 Å². The summed E-state index contributed by atoms with van der Waals surface area (Å²) >= 11 is 0. The molecule has 0 radical (unpaired) electrons. The lowest BCUT2D eigenvalue weighted by molar-refractivity contribution is -0.137. The van der Waals surface area contributed by atoms with Crippen LogP contribution in [0.25, 0.3) is 0 Å². The molecule has 0 spiro atoms. The lowest BCUT2D eigenvalue weighted by atomic mass is 10.1. The van der Waals surface area contributed by atoms with Gasteiger partial charge in [0.05, 0.1) is 27.4 Å². The Morgan fingerprint density at radius 1 is 0.895 bits per heavy atom. The summed E-state index contributed by atoms with van der Waals surface area (Å²) in [5.41, 5.74) is -0.248. The van der Waals surface area contributed by atoms with E-state index in [4.69, 9.17) is 0 Å². The van der Waals surface area contributed by atoms with Gasteiger partial charge in [-0.15, -0.1) is 0 Å². The van der Waals surface area contributed by atoms with Crippen molar-refractivity contribution >= 4 is 33.2 Å². The highest BCUT2D eigenvalue weighted by Crippen LogP contribution is 2.33. The average molecular weight is 548 g/mol. The first-order chi connectivity index (χ1) is 17.9. The maximum Gasteiger partial charge on any atom is 0.416 e. The lowest BCUT2D eigenvalue weighted by Crippen LogP contribution is -2.38. The standard InChI is InChI=1S/C27H28F3N3O4S/c1-4-32(5-2)26(35)23-11-6-7-12-24(23)31-25(34)18-33(21-10-8-9-20(17-21)27(28,29)30)38(36,37)22-15-13-19(3)14-16-22/h6-17H,4-5,18H2,1-3H3,(H,31,34). The number of nitrogens with one attached hydrogen (secondary N) is 1. The fourth-order valence-electron chi connectivity index (χ4n) is 3.77. The molecule has 38 heavy (non-hydrogen) atoms. The van der Waals surface area contributed by atoms with E-state index in [1.54, 1.807) is 36.1 Å². The lowest BCUT2D eigenvalue weighted by Gasteiger charge is -2.25. The molecular weight excluding hydrogens is 519 g/mol. The number of carbonyl (C=O) groups excluding carboxylic acids is 2. The molecule has 0 atom stereocenters. The molecule has 202 valence electrons. The number of carbonyl (C=O) groups is 2. The van der Waals surface area contributed by atoms with Crippen LogP contribution >= 0.6 is 0 Å². The van der Waals surface area contributed by atoms with Crippen LogP contribution in [0, 0.1) is 6.92 Å². The zero-order valence-electron chi connectivity index (χ0n) is 21.1. The normalized spacial score (nSPS) is 11.6. The number of hydrogen-bond donors (Lipinski definition) is 1. The number of para-hydroxylation sites is 1. The van der Waals surface area contributed by atoms with Crippen LogP contribution in [0.2, 0.25) is 0 Å². The topological polar surface area (TPSA) is 86.8 Å². The van der Waals surface area contributed by atoms with Crippen molar-refractivity contribution in [1.29, 1.82) is 0 Å². The Kier molecular flexibility index (Phi) is 8.82. The second-order valence-corrected chi connectivity index (χ2v) is 10.3. The third-order valence-electron chi connectivity index (χ3n) is 5.84. The molecule has 11 heteroatoms. The predicted molar refractivity (Wildman–Crippen MR) is 139 cm³/mol. The average Bonchev–Trinajstić information content (AvgIpc) is 2.88. The van der Waals surface area contributed by atoms with E-state index in [0.717, 1.165) is 17.7 Å². The molecule has 7 nitrogen and oxygen atoms in total. The number of sulfonamides is 1. The summed E-state index contributed by atoms with van der Waals surface area (Å²) in [4.78, 5) is 27.4. The first-order valence-electron chi connectivity index (χ1n) is 11.8. The number of nitrogens with zero attached hydrogens (tertiary/aromatic N) is 2. The molecule has 3 aromatic carbocycles. The number of alkyl halides is 3. The van der Waals surface area contributed by atoms with Gasteiger partial charge in [0.25, 0.3) is 15.9 Å². The van der Waals surface area contributed by atoms with E-state index in [0.29, 0.717) is 23.5 Å². The van der Waals surface area contributed by atoms with Crippen molar-refractivity contribution in [3.8, 4) is 0 Å². The molecule has 0 aliphatic carbocycles. The molecule has 0 bridgehead atoms. The van der Waals surface area contributed by atoms with E-state index < -0.39 is 34.2 Å². The molecule has 3 aromatic rings. The highest BCUT2D eigenvalue weighted by molar-refractivity contribution is 7.92. The number of benzene rings is 3. The second-order valence-electron chi connectivity index (χ2n) is 8.44. The van der Waals surface area contributed by atoms with Crippen molar-refractivity contribution in [3.63, 3.8) is 0 Å². The predicted octanol–water partition coefficient (Wildman–Crippen LogP) is 5.33. The van der Waals surface area contributed by atoms with Crippen molar-refractivity contribution in [2.75, 3.05) is 29.3 Å². The van der Waals surface area contributed by atoms with Crippen LogP contribution in [0.4, 0.5) is 24.5 Å². The molecule has 1 N–H and O–H groups in total. The van der Waals surface area contributed by atoms with Gasteiger partial charge in [-0.3, -0.25) is 13.9 Å². The van der Waals surface area contributed by atoms with Crippen molar-refractivity contribution in [3.05, 3.63) is 89.5 Å². The van der Waals surface area contributed by atoms with E-state index in [2.05, 4.69) is 5.32 Å². The minimum Gasteiger partial charge on any atom is -0.339 e. The number of aryl methyl sites for hydroxylation is 1. The van der Waals surface area contributed by atoms with Gasteiger partial charge in [0.15, 0.2) is 0 Å². The van der Waals surface area contributed by atoms with Gasteiger partial charge in [0.1, 0.15) is 6.54 Å². The van der Waals surface area contributed by atoms with Crippen molar-refractivity contribution in [2.45, 2.75) is 31.8 Å². The molecule has 0 fully saturated rings. The molecule has 0 aliphatic rings. The fraction of sp³-hybridized carbons (Fsp3) is 0.259. The van der Waals surface area contributed by atoms with Gasteiger partial charge in [-0.2, -0.15) is 13.2 Å². The maximum absolute atomic E-state index is 13.5. The number of rotatable bonds is 9. The van der Waals surface area contributed by atoms with E-state index >= 15 is 0 Å². The molecule has 0 unspecified atom stereocenters. The summed E-state index contributed by atoms with van der Waals surface area (Å²) in [6.45, 7) is 5.43. The van der Waals surface area contributed by atoms with Gasteiger partial charge in [-0.1, -0.05) is 35.9 Å². The van der Waals surface area contributed by atoms with Crippen LogP contribution in [0.5, 0.6) is 0 Å². The Balaban J connectivity index is 2.01. The van der Waals surface area contributed by atoms with Gasteiger partial charge in [-0.25, -0.2) is 8.42 Å².